The van der Waals surface area contributed by atoms with E-state index in [1.165, 1.54) is 12.0 Å². The zero-order chi connectivity index (χ0) is 17.6. The van der Waals surface area contributed by atoms with Crippen molar-refractivity contribution in [1.82, 2.24) is 0 Å². The van der Waals surface area contributed by atoms with Gasteiger partial charge >= 0.3 is 0 Å². The predicted molar refractivity (Wildman–Crippen MR) is 98.7 cm³/mol. The van der Waals surface area contributed by atoms with Crippen LogP contribution in [0.2, 0.25) is 5.02 Å². The van der Waals surface area contributed by atoms with Crippen molar-refractivity contribution < 1.29 is 5.11 Å². The summed E-state index contributed by atoms with van der Waals surface area (Å²) in [4.78, 5) is 0. The maximum atomic E-state index is 9.73. The smallest absolute Gasteiger partial charge is 0.0482 e. The van der Waals surface area contributed by atoms with E-state index < -0.39 is 5.54 Å². The number of nitrogens with two attached hydrogens (primary N) is 1. The maximum absolute atomic E-state index is 9.73. The van der Waals surface area contributed by atoms with Gasteiger partial charge in [0.05, 0.1) is 0 Å². The summed E-state index contributed by atoms with van der Waals surface area (Å²) in [5, 5.41) is 10.5. The van der Waals surface area contributed by atoms with E-state index in [9.17, 15) is 5.11 Å². The number of aliphatic hydroxyl groups is 1. The minimum atomic E-state index is -0.585. The van der Waals surface area contributed by atoms with Gasteiger partial charge in [-0.2, -0.15) is 0 Å². The van der Waals surface area contributed by atoms with Crippen molar-refractivity contribution >= 4 is 11.6 Å². The third kappa shape index (κ3) is 3.75. The molecule has 1 saturated carbocycles. The van der Waals surface area contributed by atoms with Crippen LogP contribution in [0.1, 0.15) is 65.0 Å². The van der Waals surface area contributed by atoms with Crippen molar-refractivity contribution in [2.75, 3.05) is 6.61 Å². The van der Waals surface area contributed by atoms with E-state index >= 15 is 0 Å². The molecule has 1 aromatic rings. The lowest BCUT2D eigenvalue weighted by Crippen LogP contribution is -2.45. The van der Waals surface area contributed by atoms with Crippen molar-refractivity contribution in [2.45, 2.75) is 59.4 Å². The second-order valence-corrected chi connectivity index (χ2v) is 9.27. The summed E-state index contributed by atoms with van der Waals surface area (Å²) in [7, 11) is 0. The molecule has 1 fully saturated rings. The average molecular weight is 338 g/mol. The van der Waals surface area contributed by atoms with Gasteiger partial charge in [0.1, 0.15) is 0 Å². The van der Waals surface area contributed by atoms with E-state index in [0.29, 0.717) is 23.2 Å². The highest BCUT2D eigenvalue weighted by Crippen LogP contribution is 2.58. The second-order valence-electron chi connectivity index (χ2n) is 8.87. The minimum Gasteiger partial charge on any atom is -0.396 e. The predicted octanol–water partition coefficient (Wildman–Crippen LogP) is 4.93. The number of hydrogen-bond donors (Lipinski definition) is 2. The van der Waals surface area contributed by atoms with Gasteiger partial charge in [0.15, 0.2) is 0 Å². The van der Waals surface area contributed by atoms with Gasteiger partial charge in [-0.25, -0.2) is 0 Å². The summed E-state index contributed by atoms with van der Waals surface area (Å²) in [5.74, 6) is 1.59. The fourth-order valence-electron chi connectivity index (χ4n) is 3.97. The highest BCUT2D eigenvalue weighted by Gasteiger charge is 2.46. The molecular weight excluding hydrogens is 306 g/mol. The third-order valence-electron chi connectivity index (χ3n) is 5.70. The van der Waals surface area contributed by atoms with Crippen molar-refractivity contribution in [3.05, 3.63) is 34.3 Å². The first kappa shape index (κ1) is 18.8. The molecule has 23 heavy (non-hydrogen) atoms. The molecule has 0 saturated heterocycles. The summed E-state index contributed by atoms with van der Waals surface area (Å²) in [6.07, 6.45) is 1.22. The number of aliphatic hydroxyl groups excluding tert-OH is 1. The maximum Gasteiger partial charge on any atom is 0.0482 e. The Balaban J connectivity index is 2.26. The van der Waals surface area contributed by atoms with Crippen LogP contribution in [-0.4, -0.2) is 11.7 Å². The highest BCUT2D eigenvalue weighted by molar-refractivity contribution is 6.31. The largest absolute Gasteiger partial charge is 0.396 e. The normalized spacial score (nSPS) is 25.3. The van der Waals surface area contributed by atoms with Crippen LogP contribution in [0.4, 0.5) is 0 Å². The van der Waals surface area contributed by atoms with E-state index in [4.69, 9.17) is 17.3 Å². The van der Waals surface area contributed by atoms with E-state index in [2.05, 4.69) is 46.8 Å². The van der Waals surface area contributed by atoms with E-state index in [-0.39, 0.29) is 12.5 Å². The van der Waals surface area contributed by atoms with Gasteiger partial charge in [-0.3, -0.25) is 0 Å². The van der Waals surface area contributed by atoms with E-state index in [1.54, 1.807) is 0 Å². The number of rotatable bonds is 5. The van der Waals surface area contributed by atoms with Crippen LogP contribution in [0.25, 0.3) is 0 Å². The highest BCUT2D eigenvalue weighted by atomic mass is 35.5. The van der Waals surface area contributed by atoms with Gasteiger partial charge in [0, 0.05) is 23.1 Å². The Morgan fingerprint density at radius 3 is 2.26 bits per heavy atom. The molecule has 0 radical (unpaired) electrons. The summed E-state index contributed by atoms with van der Waals surface area (Å²) in [5.41, 5.74) is 8.58. The van der Waals surface area contributed by atoms with Crippen molar-refractivity contribution in [2.24, 2.45) is 28.9 Å². The molecule has 0 heterocycles. The molecule has 1 unspecified atom stereocenters. The molecule has 0 bridgehead atoms. The monoisotopic (exact) mass is 337 g/mol. The molecule has 0 amide bonds. The Morgan fingerprint density at radius 2 is 1.87 bits per heavy atom. The third-order valence-corrected chi connectivity index (χ3v) is 6.02. The van der Waals surface area contributed by atoms with E-state index in [1.807, 2.05) is 13.0 Å². The van der Waals surface area contributed by atoms with Gasteiger partial charge < -0.3 is 10.8 Å². The first-order valence-corrected chi connectivity index (χ1v) is 9.07. The van der Waals surface area contributed by atoms with Crippen LogP contribution in [-0.2, 0) is 5.54 Å². The Kier molecular flexibility index (Phi) is 5.21. The van der Waals surface area contributed by atoms with E-state index in [0.717, 1.165) is 10.6 Å². The number of benzene rings is 1. The molecule has 3 N–H and O–H groups in total. The fourth-order valence-corrected chi connectivity index (χ4v) is 4.29. The average Bonchev–Trinajstić information content (AvgIpc) is 3.18. The standard InChI is InChI=1S/C20H32ClNO/c1-12(2)17(11-23)20(6,22)13-7-8-14(18(21)9-13)15-10-16(15)19(3,4)5/h7-9,12,15-17,23H,10-11,22H2,1-6H3/t15-,16+,17+,20?/m0/s1. The lowest BCUT2D eigenvalue weighted by Gasteiger charge is -2.36. The molecular formula is C20H32ClNO. The molecule has 1 aliphatic carbocycles. The van der Waals surface area contributed by atoms with Crippen LogP contribution in [0.15, 0.2) is 18.2 Å². The molecule has 3 heteroatoms. The molecule has 0 aliphatic heterocycles. The van der Waals surface area contributed by atoms with Crippen LogP contribution >= 0.6 is 11.6 Å². The van der Waals surface area contributed by atoms with Gasteiger partial charge in [-0.05, 0) is 53.7 Å². The van der Waals surface area contributed by atoms with Crippen LogP contribution in [0, 0.1) is 23.2 Å². The molecule has 0 spiro atoms. The Labute approximate surface area is 146 Å². The Bertz CT molecular complexity index is 559. The van der Waals surface area contributed by atoms with Gasteiger partial charge in [0.2, 0.25) is 0 Å². The summed E-state index contributed by atoms with van der Waals surface area (Å²) >= 11 is 6.60. The van der Waals surface area contributed by atoms with Gasteiger partial charge in [0.25, 0.3) is 0 Å². The van der Waals surface area contributed by atoms with Crippen LogP contribution < -0.4 is 5.73 Å². The molecule has 2 nitrogen and oxygen atoms in total. The Hall–Kier alpha value is -0.570. The molecule has 1 aromatic carbocycles. The first-order valence-electron chi connectivity index (χ1n) is 8.69. The fraction of sp³-hybridized carbons (Fsp3) is 0.700. The number of halogens is 1. The molecule has 0 aromatic heterocycles. The summed E-state index contributed by atoms with van der Waals surface area (Å²) < 4.78 is 0. The first-order chi connectivity index (χ1) is 10.5. The Morgan fingerprint density at radius 1 is 1.26 bits per heavy atom. The lowest BCUT2D eigenvalue weighted by atomic mass is 9.75. The minimum absolute atomic E-state index is 0.00710. The topological polar surface area (TPSA) is 46.2 Å². The lowest BCUT2D eigenvalue weighted by molar-refractivity contribution is 0.120. The van der Waals surface area contributed by atoms with Crippen molar-refractivity contribution in [3.8, 4) is 0 Å². The van der Waals surface area contributed by atoms with Crippen molar-refractivity contribution in [1.29, 1.82) is 0 Å². The zero-order valence-corrected chi connectivity index (χ0v) is 16.1. The molecule has 2 rings (SSSR count). The van der Waals surface area contributed by atoms with Gasteiger partial charge in [-0.1, -0.05) is 58.4 Å². The van der Waals surface area contributed by atoms with Crippen molar-refractivity contribution in [3.63, 3.8) is 0 Å². The molecule has 1 aliphatic rings. The second kappa shape index (κ2) is 6.38. The summed E-state index contributed by atoms with van der Waals surface area (Å²) in [6.45, 7) is 13.2. The van der Waals surface area contributed by atoms with Crippen LogP contribution in [0.3, 0.4) is 0 Å². The molecule has 4 atom stereocenters. The van der Waals surface area contributed by atoms with Crippen LogP contribution in [0.5, 0.6) is 0 Å². The summed E-state index contributed by atoms with van der Waals surface area (Å²) in [6, 6.07) is 6.26. The SMILES string of the molecule is CC(C)[C@@H](CO)C(C)(N)c1ccc([C@@H]2C[C@H]2C(C)(C)C)c(Cl)c1. The van der Waals surface area contributed by atoms with Gasteiger partial charge in [-0.15, -0.1) is 0 Å². The quantitative estimate of drug-likeness (QED) is 0.800. The molecule has 130 valence electrons. The number of hydrogen-bond acceptors (Lipinski definition) is 2. The zero-order valence-electron chi connectivity index (χ0n) is 15.4.